The first kappa shape index (κ1) is 21.2. The van der Waals surface area contributed by atoms with Gasteiger partial charge in [0.05, 0.1) is 11.7 Å². The number of carbonyl (C=O) groups excluding carboxylic acids is 1. The van der Waals surface area contributed by atoms with E-state index in [2.05, 4.69) is 5.32 Å². The van der Waals surface area contributed by atoms with Crippen LogP contribution in [-0.2, 0) is 20.6 Å². The third-order valence-corrected chi connectivity index (χ3v) is 7.50. The van der Waals surface area contributed by atoms with Crippen molar-refractivity contribution in [2.24, 2.45) is 5.92 Å². The van der Waals surface area contributed by atoms with E-state index in [1.807, 2.05) is 30.5 Å². The van der Waals surface area contributed by atoms with Gasteiger partial charge in [0.1, 0.15) is 0 Å². The SMILES string of the molecule is CSc1cccc(NC(=O)[C@@H]2CCCN(S(=O)(=O)Cc3cccc(Cl)c3)C2)c1. The molecule has 28 heavy (non-hydrogen) atoms. The van der Waals surface area contributed by atoms with Gasteiger partial charge in [0, 0.05) is 28.7 Å². The molecule has 0 aromatic heterocycles. The molecule has 0 radical (unpaired) electrons. The van der Waals surface area contributed by atoms with Crippen molar-refractivity contribution in [1.29, 1.82) is 0 Å². The number of nitrogens with one attached hydrogen (secondary N) is 1. The number of thioether (sulfide) groups is 1. The summed E-state index contributed by atoms with van der Waals surface area (Å²) < 4.78 is 27.1. The molecule has 1 amide bonds. The fraction of sp³-hybridized carbons (Fsp3) is 0.350. The molecule has 0 bridgehead atoms. The van der Waals surface area contributed by atoms with Crippen LogP contribution < -0.4 is 5.32 Å². The summed E-state index contributed by atoms with van der Waals surface area (Å²) in [7, 11) is -3.51. The van der Waals surface area contributed by atoms with E-state index < -0.39 is 10.0 Å². The number of anilines is 1. The predicted molar refractivity (Wildman–Crippen MR) is 115 cm³/mol. The van der Waals surface area contributed by atoms with Gasteiger partial charge in [0.2, 0.25) is 15.9 Å². The Morgan fingerprint density at radius 3 is 2.79 bits per heavy atom. The maximum atomic E-state index is 12.8. The van der Waals surface area contributed by atoms with Crippen LogP contribution in [0.15, 0.2) is 53.4 Å². The van der Waals surface area contributed by atoms with Gasteiger partial charge in [-0.15, -0.1) is 11.8 Å². The van der Waals surface area contributed by atoms with Crippen LogP contribution in [0.25, 0.3) is 0 Å². The van der Waals surface area contributed by atoms with Gasteiger partial charge in [-0.1, -0.05) is 29.8 Å². The summed E-state index contributed by atoms with van der Waals surface area (Å²) in [5.41, 5.74) is 1.38. The van der Waals surface area contributed by atoms with E-state index in [1.54, 1.807) is 36.0 Å². The van der Waals surface area contributed by atoms with Crippen LogP contribution in [0, 0.1) is 5.92 Å². The summed E-state index contributed by atoms with van der Waals surface area (Å²) in [6, 6.07) is 14.5. The highest BCUT2D eigenvalue weighted by atomic mass is 35.5. The summed E-state index contributed by atoms with van der Waals surface area (Å²) in [6.07, 6.45) is 3.32. The highest BCUT2D eigenvalue weighted by molar-refractivity contribution is 7.98. The van der Waals surface area contributed by atoms with Crippen LogP contribution in [0.1, 0.15) is 18.4 Å². The maximum absolute atomic E-state index is 12.8. The highest BCUT2D eigenvalue weighted by Crippen LogP contribution is 2.25. The van der Waals surface area contributed by atoms with Gasteiger partial charge in [-0.25, -0.2) is 12.7 Å². The third kappa shape index (κ3) is 5.50. The van der Waals surface area contributed by atoms with Crippen molar-refractivity contribution >= 4 is 45.0 Å². The molecule has 1 fully saturated rings. The molecule has 2 aromatic carbocycles. The topological polar surface area (TPSA) is 66.5 Å². The Balaban J connectivity index is 1.66. The largest absolute Gasteiger partial charge is 0.326 e. The first-order valence-electron chi connectivity index (χ1n) is 9.04. The molecule has 1 atom stereocenters. The second kappa shape index (κ2) is 9.31. The minimum absolute atomic E-state index is 0.113. The second-order valence-electron chi connectivity index (χ2n) is 6.80. The number of amides is 1. The van der Waals surface area contributed by atoms with Gasteiger partial charge in [0.25, 0.3) is 0 Å². The molecule has 1 aliphatic heterocycles. The van der Waals surface area contributed by atoms with Crippen molar-refractivity contribution in [3.05, 3.63) is 59.1 Å². The molecule has 150 valence electrons. The van der Waals surface area contributed by atoms with Crippen molar-refractivity contribution in [3.63, 3.8) is 0 Å². The summed E-state index contributed by atoms with van der Waals surface area (Å²) >= 11 is 7.56. The molecule has 3 rings (SSSR count). The predicted octanol–water partition coefficient (Wildman–Crippen LogP) is 4.24. The number of carbonyl (C=O) groups is 1. The van der Waals surface area contributed by atoms with Crippen molar-refractivity contribution in [2.45, 2.75) is 23.5 Å². The fourth-order valence-corrected chi connectivity index (χ4v) is 5.55. The van der Waals surface area contributed by atoms with Gasteiger partial charge in [-0.3, -0.25) is 4.79 Å². The lowest BCUT2D eigenvalue weighted by Gasteiger charge is -2.31. The number of hydrogen-bond donors (Lipinski definition) is 1. The van der Waals surface area contributed by atoms with Crippen LogP contribution in [0.2, 0.25) is 5.02 Å². The molecule has 0 aliphatic carbocycles. The van der Waals surface area contributed by atoms with Gasteiger partial charge in [-0.05, 0) is 55.0 Å². The molecule has 1 aliphatic rings. The van der Waals surface area contributed by atoms with Crippen molar-refractivity contribution in [1.82, 2.24) is 4.31 Å². The smallest absolute Gasteiger partial charge is 0.228 e. The van der Waals surface area contributed by atoms with Crippen LogP contribution >= 0.6 is 23.4 Å². The normalized spacial score (nSPS) is 18.0. The van der Waals surface area contributed by atoms with Crippen LogP contribution in [0.5, 0.6) is 0 Å². The second-order valence-corrected chi connectivity index (χ2v) is 10.1. The Bertz CT molecular complexity index is 950. The number of halogens is 1. The molecular weight excluding hydrogens is 416 g/mol. The lowest BCUT2D eigenvalue weighted by Crippen LogP contribution is -2.44. The molecule has 0 unspecified atom stereocenters. The van der Waals surface area contributed by atoms with Crippen LogP contribution in [-0.4, -0.2) is 38.0 Å². The monoisotopic (exact) mass is 438 g/mol. The first-order chi connectivity index (χ1) is 13.4. The summed E-state index contributed by atoms with van der Waals surface area (Å²) in [5.74, 6) is -0.612. The van der Waals surface area contributed by atoms with E-state index in [-0.39, 0.29) is 24.1 Å². The summed E-state index contributed by atoms with van der Waals surface area (Å²) in [5, 5.41) is 3.43. The van der Waals surface area contributed by atoms with E-state index >= 15 is 0 Å². The van der Waals surface area contributed by atoms with Gasteiger partial charge >= 0.3 is 0 Å². The first-order valence-corrected chi connectivity index (χ1v) is 12.3. The van der Waals surface area contributed by atoms with Gasteiger partial charge in [0.15, 0.2) is 0 Å². The molecular formula is C20H23ClN2O3S2. The summed E-state index contributed by atoms with van der Waals surface area (Å²) in [6.45, 7) is 0.644. The summed E-state index contributed by atoms with van der Waals surface area (Å²) in [4.78, 5) is 13.7. The molecule has 2 aromatic rings. The van der Waals surface area contributed by atoms with E-state index in [1.165, 1.54) is 4.31 Å². The Hall–Kier alpha value is -1.54. The third-order valence-electron chi connectivity index (χ3n) is 4.72. The molecule has 0 spiro atoms. The van der Waals surface area contributed by atoms with Gasteiger partial charge in [-0.2, -0.15) is 0 Å². The Kier molecular flexibility index (Phi) is 7.04. The highest BCUT2D eigenvalue weighted by Gasteiger charge is 2.32. The Morgan fingerprint density at radius 1 is 1.25 bits per heavy atom. The number of rotatable bonds is 6. The van der Waals surface area contributed by atoms with Crippen molar-refractivity contribution in [3.8, 4) is 0 Å². The molecule has 5 nitrogen and oxygen atoms in total. The minimum Gasteiger partial charge on any atom is -0.326 e. The quantitative estimate of drug-likeness (QED) is 0.685. The van der Waals surface area contributed by atoms with E-state index in [4.69, 9.17) is 11.6 Å². The lowest BCUT2D eigenvalue weighted by atomic mass is 9.99. The van der Waals surface area contributed by atoms with Crippen LogP contribution in [0.4, 0.5) is 5.69 Å². The van der Waals surface area contributed by atoms with Crippen molar-refractivity contribution < 1.29 is 13.2 Å². The number of benzene rings is 2. The van der Waals surface area contributed by atoms with E-state index in [9.17, 15) is 13.2 Å². The number of nitrogens with zero attached hydrogens (tertiary/aromatic N) is 1. The number of piperidine rings is 1. The zero-order valence-corrected chi connectivity index (χ0v) is 18.0. The van der Waals surface area contributed by atoms with Gasteiger partial charge < -0.3 is 5.32 Å². The zero-order valence-electron chi connectivity index (χ0n) is 15.6. The number of sulfonamides is 1. The molecule has 0 saturated carbocycles. The maximum Gasteiger partial charge on any atom is 0.228 e. The van der Waals surface area contributed by atoms with E-state index in [0.717, 1.165) is 10.6 Å². The Morgan fingerprint density at radius 2 is 2.04 bits per heavy atom. The Labute approximate surface area is 175 Å². The molecule has 8 heteroatoms. The molecule has 1 N–H and O–H groups in total. The molecule has 1 saturated heterocycles. The van der Waals surface area contributed by atoms with Crippen LogP contribution in [0.3, 0.4) is 0 Å². The zero-order chi connectivity index (χ0) is 20.1. The van der Waals surface area contributed by atoms with E-state index in [0.29, 0.717) is 30.0 Å². The number of hydrogen-bond acceptors (Lipinski definition) is 4. The fourth-order valence-electron chi connectivity index (χ4n) is 3.28. The van der Waals surface area contributed by atoms with Crippen molar-refractivity contribution in [2.75, 3.05) is 24.7 Å². The average molecular weight is 439 g/mol. The minimum atomic E-state index is -3.51. The average Bonchev–Trinajstić information content (AvgIpc) is 2.68. The lowest BCUT2D eigenvalue weighted by molar-refractivity contribution is -0.120. The molecule has 1 heterocycles. The standard InChI is InChI=1S/C20H23ClN2O3S2/c1-27-19-9-3-8-18(12-19)22-20(24)16-6-4-10-23(13-16)28(25,26)14-15-5-2-7-17(21)11-15/h2-3,5,7-9,11-12,16H,4,6,10,13-14H2,1H3,(H,22,24)/t16-/m1/s1.